The van der Waals surface area contributed by atoms with Crippen LogP contribution >= 0.6 is 28.3 Å². The molecule has 1 atom stereocenters. The number of halogens is 2. The van der Waals surface area contributed by atoms with Gasteiger partial charge in [0, 0.05) is 30.7 Å². The number of hydrogen-bond donors (Lipinski definition) is 2. The molecular weight excluding hydrogens is 382 g/mol. The molecule has 1 aliphatic heterocycles. The molecule has 0 bridgehead atoms. The van der Waals surface area contributed by atoms with Crippen molar-refractivity contribution < 1.29 is 9.59 Å². The summed E-state index contributed by atoms with van der Waals surface area (Å²) in [6.07, 6.45) is 1.66. The summed E-state index contributed by atoms with van der Waals surface area (Å²) in [5.74, 6) is -0.178. The van der Waals surface area contributed by atoms with Crippen LogP contribution in [0.5, 0.6) is 0 Å². The van der Waals surface area contributed by atoms with Crippen molar-refractivity contribution in [2.75, 3.05) is 26.2 Å². The predicted molar refractivity (Wildman–Crippen MR) is 96.8 cm³/mol. The van der Waals surface area contributed by atoms with Crippen molar-refractivity contribution in [3.8, 4) is 0 Å². The van der Waals surface area contributed by atoms with Crippen LogP contribution in [0.1, 0.15) is 28.8 Å². The first-order chi connectivity index (χ1) is 10.5. The molecule has 1 aromatic carbocycles. The molecule has 1 aliphatic rings. The van der Waals surface area contributed by atoms with Crippen molar-refractivity contribution in [3.63, 3.8) is 0 Å². The molecule has 0 aliphatic carbocycles. The topological polar surface area (TPSA) is 75.4 Å². The van der Waals surface area contributed by atoms with Gasteiger partial charge < -0.3 is 16.0 Å². The Balaban J connectivity index is 0.00000264. The van der Waals surface area contributed by atoms with E-state index in [0.29, 0.717) is 31.7 Å². The molecule has 1 heterocycles. The van der Waals surface area contributed by atoms with Gasteiger partial charge in [-0.05, 0) is 53.4 Å². The SMILES string of the molecule is Cc1ccc(C(=O)N2CCCC(C(=O)NCCN)C2)c(Br)c1.Cl. The maximum atomic E-state index is 12.7. The van der Waals surface area contributed by atoms with Crippen LogP contribution in [0.25, 0.3) is 0 Å². The van der Waals surface area contributed by atoms with Crippen molar-refractivity contribution in [2.45, 2.75) is 19.8 Å². The first-order valence-electron chi connectivity index (χ1n) is 7.56. The van der Waals surface area contributed by atoms with Gasteiger partial charge in [0.15, 0.2) is 0 Å². The van der Waals surface area contributed by atoms with E-state index in [0.717, 1.165) is 22.9 Å². The fourth-order valence-electron chi connectivity index (χ4n) is 2.68. The van der Waals surface area contributed by atoms with Gasteiger partial charge >= 0.3 is 0 Å². The lowest BCUT2D eigenvalue weighted by molar-refractivity contribution is -0.126. The number of nitrogens with one attached hydrogen (secondary N) is 1. The van der Waals surface area contributed by atoms with E-state index >= 15 is 0 Å². The van der Waals surface area contributed by atoms with Crippen LogP contribution in [-0.4, -0.2) is 42.9 Å². The fraction of sp³-hybridized carbons (Fsp3) is 0.500. The molecule has 3 N–H and O–H groups in total. The first kappa shape index (κ1) is 19.9. The molecule has 5 nitrogen and oxygen atoms in total. The van der Waals surface area contributed by atoms with E-state index in [1.54, 1.807) is 4.90 Å². The van der Waals surface area contributed by atoms with Gasteiger partial charge in [-0.25, -0.2) is 0 Å². The highest BCUT2D eigenvalue weighted by atomic mass is 79.9. The fourth-order valence-corrected chi connectivity index (χ4v) is 3.34. The summed E-state index contributed by atoms with van der Waals surface area (Å²) in [5, 5.41) is 2.81. The largest absolute Gasteiger partial charge is 0.355 e. The van der Waals surface area contributed by atoms with Crippen molar-refractivity contribution in [1.29, 1.82) is 0 Å². The standard InChI is InChI=1S/C16H22BrN3O2.ClH/c1-11-4-5-13(14(17)9-11)16(22)20-8-2-3-12(10-20)15(21)19-7-6-18;/h4-5,9,12H,2-3,6-8,10,18H2,1H3,(H,19,21);1H. The number of aryl methyl sites for hydroxylation is 1. The third-order valence-corrected chi connectivity index (χ3v) is 4.53. The summed E-state index contributed by atoms with van der Waals surface area (Å²) in [6.45, 7) is 4.05. The van der Waals surface area contributed by atoms with Gasteiger partial charge in [-0.1, -0.05) is 6.07 Å². The summed E-state index contributed by atoms with van der Waals surface area (Å²) in [5.41, 5.74) is 7.15. The third-order valence-electron chi connectivity index (χ3n) is 3.88. The lowest BCUT2D eigenvalue weighted by Gasteiger charge is -2.32. The molecule has 23 heavy (non-hydrogen) atoms. The summed E-state index contributed by atoms with van der Waals surface area (Å²) in [7, 11) is 0. The minimum Gasteiger partial charge on any atom is -0.355 e. The van der Waals surface area contributed by atoms with Crippen LogP contribution in [0.4, 0.5) is 0 Å². The molecular formula is C16H23BrClN3O2. The summed E-state index contributed by atoms with van der Waals surface area (Å²) in [6, 6.07) is 5.69. The van der Waals surface area contributed by atoms with E-state index in [9.17, 15) is 9.59 Å². The quantitative estimate of drug-likeness (QED) is 0.807. The number of nitrogens with two attached hydrogens (primary N) is 1. The summed E-state index contributed by atoms with van der Waals surface area (Å²) in [4.78, 5) is 26.5. The smallest absolute Gasteiger partial charge is 0.255 e. The molecule has 0 radical (unpaired) electrons. The Bertz CT molecular complexity index is 568. The lowest BCUT2D eigenvalue weighted by atomic mass is 9.96. The molecule has 7 heteroatoms. The number of likely N-dealkylation sites (tertiary alicyclic amines) is 1. The Morgan fingerprint density at radius 2 is 2.17 bits per heavy atom. The second kappa shape index (κ2) is 9.25. The van der Waals surface area contributed by atoms with Crippen molar-refractivity contribution in [2.24, 2.45) is 11.7 Å². The molecule has 0 saturated carbocycles. The summed E-state index contributed by atoms with van der Waals surface area (Å²) < 4.78 is 0.798. The molecule has 2 amide bonds. The number of piperidine rings is 1. The van der Waals surface area contributed by atoms with Gasteiger partial charge in [0.05, 0.1) is 11.5 Å². The van der Waals surface area contributed by atoms with Crippen molar-refractivity contribution in [1.82, 2.24) is 10.2 Å². The Hall–Kier alpha value is -1.11. The van der Waals surface area contributed by atoms with Gasteiger partial charge in [0.1, 0.15) is 0 Å². The number of rotatable bonds is 4. The number of carbonyl (C=O) groups is 2. The van der Waals surface area contributed by atoms with Gasteiger partial charge in [-0.15, -0.1) is 12.4 Å². The predicted octanol–water partition coefficient (Wildman–Crippen LogP) is 2.11. The van der Waals surface area contributed by atoms with E-state index in [-0.39, 0.29) is 30.1 Å². The number of hydrogen-bond acceptors (Lipinski definition) is 3. The number of benzene rings is 1. The average Bonchev–Trinajstić information content (AvgIpc) is 2.52. The van der Waals surface area contributed by atoms with Crippen molar-refractivity contribution >= 4 is 40.2 Å². The minimum absolute atomic E-state index is 0. The van der Waals surface area contributed by atoms with Crippen molar-refractivity contribution in [3.05, 3.63) is 33.8 Å². The number of nitrogens with zero attached hydrogens (tertiary/aromatic N) is 1. The Morgan fingerprint density at radius 3 is 2.83 bits per heavy atom. The highest BCUT2D eigenvalue weighted by Crippen LogP contribution is 2.23. The highest BCUT2D eigenvalue weighted by molar-refractivity contribution is 9.10. The first-order valence-corrected chi connectivity index (χ1v) is 8.35. The second-order valence-corrected chi connectivity index (χ2v) is 6.51. The van der Waals surface area contributed by atoms with Crippen LogP contribution in [0.15, 0.2) is 22.7 Å². The van der Waals surface area contributed by atoms with E-state index in [4.69, 9.17) is 5.73 Å². The zero-order chi connectivity index (χ0) is 16.1. The average molecular weight is 405 g/mol. The van der Waals surface area contributed by atoms with Gasteiger partial charge in [0.2, 0.25) is 5.91 Å². The Labute approximate surface area is 151 Å². The number of amides is 2. The van der Waals surface area contributed by atoms with E-state index in [1.807, 2.05) is 25.1 Å². The van der Waals surface area contributed by atoms with Crippen LogP contribution in [0, 0.1) is 12.8 Å². The molecule has 2 rings (SSSR count). The minimum atomic E-state index is -0.145. The second-order valence-electron chi connectivity index (χ2n) is 5.65. The zero-order valence-corrected chi connectivity index (χ0v) is 15.6. The maximum Gasteiger partial charge on any atom is 0.255 e. The molecule has 0 aromatic heterocycles. The Kier molecular flexibility index (Phi) is 8.02. The summed E-state index contributed by atoms with van der Waals surface area (Å²) >= 11 is 3.45. The molecule has 0 spiro atoms. The lowest BCUT2D eigenvalue weighted by Crippen LogP contribution is -2.46. The normalized spacial score (nSPS) is 17.3. The maximum absolute atomic E-state index is 12.7. The van der Waals surface area contributed by atoms with Gasteiger partial charge in [0.25, 0.3) is 5.91 Å². The van der Waals surface area contributed by atoms with Crippen LogP contribution in [-0.2, 0) is 4.79 Å². The van der Waals surface area contributed by atoms with E-state index < -0.39 is 0 Å². The molecule has 1 fully saturated rings. The van der Waals surface area contributed by atoms with Gasteiger partial charge in [-0.2, -0.15) is 0 Å². The Morgan fingerprint density at radius 1 is 1.43 bits per heavy atom. The van der Waals surface area contributed by atoms with E-state index in [1.165, 1.54) is 0 Å². The van der Waals surface area contributed by atoms with Gasteiger partial charge in [-0.3, -0.25) is 9.59 Å². The monoisotopic (exact) mass is 403 g/mol. The number of carbonyl (C=O) groups excluding carboxylic acids is 2. The van der Waals surface area contributed by atoms with Crippen LogP contribution < -0.4 is 11.1 Å². The molecule has 1 unspecified atom stereocenters. The molecule has 1 saturated heterocycles. The highest BCUT2D eigenvalue weighted by Gasteiger charge is 2.29. The van der Waals surface area contributed by atoms with Crippen LogP contribution in [0.3, 0.4) is 0 Å². The molecule has 128 valence electrons. The molecule has 1 aromatic rings. The zero-order valence-electron chi connectivity index (χ0n) is 13.2. The third kappa shape index (κ3) is 5.19. The van der Waals surface area contributed by atoms with E-state index in [2.05, 4.69) is 21.2 Å². The van der Waals surface area contributed by atoms with Crippen LogP contribution in [0.2, 0.25) is 0 Å².